The Morgan fingerprint density at radius 3 is 1.44 bits per heavy atom. The third-order valence-corrected chi connectivity index (χ3v) is 11.1. The van der Waals surface area contributed by atoms with E-state index in [0.29, 0.717) is 17.5 Å². The summed E-state index contributed by atoms with van der Waals surface area (Å²) in [5.41, 5.74) is 1.96. The average Bonchev–Trinajstić information content (AvgIpc) is 3.17. The van der Waals surface area contributed by atoms with Crippen LogP contribution in [0.15, 0.2) is 30.3 Å². The number of phenols is 1. The van der Waals surface area contributed by atoms with Crippen LogP contribution in [0.2, 0.25) is 0 Å². The van der Waals surface area contributed by atoms with E-state index in [-0.39, 0.29) is 34.8 Å². The standard InChI is InChI=1S/C36H50O19/c1-12-5-15-7-19(51-35-32(48)29(45)26(42)22(10-38)54-35)17(40)8-16(15)24(13(12)2)14-3-4-18(50-34-31(47)28(44)25(41)21(9-37)53-34)20(6-14)52-36-33(49)30(46)27(43)23(11-39)55-36/h3-4,6-8,12-13,21-49H,5,9-11H2,1-2H3/t12-,13-,21-,22-,23-,24-,25-,26-,27-,28+,29+,30+,31-,32-,33-,34-,35-,36-/m1/s1. The number of hydrogen-bond donors (Lipinski definition) is 13. The number of fused-ring (bicyclic) bond motifs is 1. The average molecular weight is 787 g/mol. The van der Waals surface area contributed by atoms with Crippen molar-refractivity contribution in [1.82, 2.24) is 0 Å². The van der Waals surface area contributed by atoms with Gasteiger partial charge in [0.1, 0.15) is 73.2 Å². The molecule has 3 saturated heterocycles. The maximum absolute atomic E-state index is 11.2. The second kappa shape index (κ2) is 16.9. The van der Waals surface area contributed by atoms with E-state index in [4.69, 9.17) is 28.4 Å². The van der Waals surface area contributed by atoms with Crippen LogP contribution in [0.25, 0.3) is 0 Å². The van der Waals surface area contributed by atoms with Gasteiger partial charge in [0.25, 0.3) is 0 Å². The zero-order chi connectivity index (χ0) is 40.0. The molecule has 0 radical (unpaired) electrons. The van der Waals surface area contributed by atoms with Crippen molar-refractivity contribution in [1.29, 1.82) is 0 Å². The quantitative estimate of drug-likeness (QED) is 0.109. The van der Waals surface area contributed by atoms with Gasteiger partial charge in [-0.3, -0.25) is 0 Å². The van der Waals surface area contributed by atoms with Gasteiger partial charge in [0, 0.05) is 5.92 Å². The maximum Gasteiger partial charge on any atom is 0.229 e. The highest BCUT2D eigenvalue weighted by atomic mass is 16.7. The van der Waals surface area contributed by atoms with E-state index < -0.39 is 118 Å². The Balaban J connectivity index is 1.36. The number of rotatable bonds is 10. The minimum atomic E-state index is -1.82. The van der Waals surface area contributed by atoms with Crippen molar-refractivity contribution in [2.24, 2.45) is 11.8 Å². The van der Waals surface area contributed by atoms with Crippen LogP contribution >= 0.6 is 0 Å². The fourth-order valence-corrected chi connectivity index (χ4v) is 7.59. The lowest BCUT2D eigenvalue weighted by Gasteiger charge is -2.41. The fourth-order valence-electron chi connectivity index (χ4n) is 7.59. The number of aliphatic hydroxyl groups excluding tert-OH is 12. The summed E-state index contributed by atoms with van der Waals surface area (Å²) in [6.07, 6.45) is -23.8. The molecule has 308 valence electrons. The minimum Gasteiger partial charge on any atom is -0.504 e. The minimum absolute atomic E-state index is 0.0158. The topological polar surface area (TPSA) is 318 Å². The highest BCUT2D eigenvalue weighted by Crippen LogP contribution is 2.49. The van der Waals surface area contributed by atoms with Gasteiger partial charge < -0.3 is 94.8 Å². The molecule has 19 nitrogen and oxygen atoms in total. The Hall–Kier alpha value is -2.96. The van der Waals surface area contributed by atoms with Crippen LogP contribution in [0.4, 0.5) is 0 Å². The van der Waals surface area contributed by atoms with Gasteiger partial charge in [-0.05, 0) is 59.2 Å². The van der Waals surface area contributed by atoms with E-state index >= 15 is 0 Å². The lowest BCUT2D eigenvalue weighted by molar-refractivity contribution is -0.282. The molecule has 3 aliphatic heterocycles. The molecule has 55 heavy (non-hydrogen) atoms. The third kappa shape index (κ3) is 7.98. The zero-order valence-corrected chi connectivity index (χ0v) is 29.9. The highest BCUT2D eigenvalue weighted by Gasteiger charge is 2.48. The van der Waals surface area contributed by atoms with Crippen LogP contribution in [0, 0.1) is 11.8 Å². The van der Waals surface area contributed by atoms with Crippen LogP contribution in [-0.4, -0.2) is 178 Å². The molecular formula is C36H50O19. The predicted molar refractivity (Wildman–Crippen MR) is 182 cm³/mol. The molecule has 0 unspecified atom stereocenters. The lowest BCUT2D eigenvalue weighted by Crippen LogP contribution is -2.60. The first-order chi connectivity index (χ1) is 26.1. The van der Waals surface area contributed by atoms with Crippen molar-refractivity contribution in [3.8, 4) is 23.0 Å². The smallest absolute Gasteiger partial charge is 0.229 e. The van der Waals surface area contributed by atoms with Crippen molar-refractivity contribution < 1.29 is 94.8 Å². The Kier molecular flexibility index (Phi) is 12.8. The van der Waals surface area contributed by atoms with Gasteiger partial charge in [-0.15, -0.1) is 0 Å². The number of hydrogen-bond acceptors (Lipinski definition) is 19. The summed E-state index contributed by atoms with van der Waals surface area (Å²) < 4.78 is 34.3. The van der Waals surface area contributed by atoms with Crippen molar-refractivity contribution in [2.75, 3.05) is 19.8 Å². The molecule has 3 heterocycles. The van der Waals surface area contributed by atoms with Gasteiger partial charge in [0.05, 0.1) is 19.8 Å². The van der Waals surface area contributed by atoms with Crippen LogP contribution in [0.1, 0.15) is 36.5 Å². The van der Waals surface area contributed by atoms with E-state index in [1.54, 1.807) is 12.1 Å². The summed E-state index contributed by atoms with van der Waals surface area (Å²) >= 11 is 0. The molecule has 1 aliphatic carbocycles. The number of aliphatic hydroxyl groups is 12. The van der Waals surface area contributed by atoms with Crippen LogP contribution in [0.5, 0.6) is 23.0 Å². The highest BCUT2D eigenvalue weighted by molar-refractivity contribution is 5.54. The third-order valence-electron chi connectivity index (χ3n) is 11.1. The predicted octanol–water partition coefficient (Wildman–Crippen LogP) is -4.11. The number of ether oxygens (including phenoxy) is 6. The molecule has 3 fully saturated rings. The van der Waals surface area contributed by atoms with E-state index in [9.17, 15) is 66.4 Å². The first-order valence-electron chi connectivity index (χ1n) is 18.0. The van der Waals surface area contributed by atoms with Gasteiger partial charge in [-0.2, -0.15) is 0 Å². The molecule has 0 spiro atoms. The summed E-state index contributed by atoms with van der Waals surface area (Å²) in [7, 11) is 0. The van der Waals surface area contributed by atoms with E-state index in [2.05, 4.69) is 0 Å². The van der Waals surface area contributed by atoms with E-state index in [1.807, 2.05) is 13.8 Å². The van der Waals surface area contributed by atoms with Crippen molar-refractivity contribution >= 4 is 0 Å². The molecule has 0 amide bonds. The maximum atomic E-state index is 11.2. The van der Waals surface area contributed by atoms with Gasteiger partial charge in [-0.25, -0.2) is 0 Å². The lowest BCUT2D eigenvalue weighted by atomic mass is 9.68. The van der Waals surface area contributed by atoms with E-state index in [1.165, 1.54) is 18.2 Å². The van der Waals surface area contributed by atoms with Crippen molar-refractivity contribution in [2.45, 2.75) is 118 Å². The van der Waals surface area contributed by atoms with Gasteiger partial charge in [-0.1, -0.05) is 19.9 Å². The Morgan fingerprint density at radius 1 is 0.545 bits per heavy atom. The number of benzene rings is 2. The largest absolute Gasteiger partial charge is 0.504 e. The normalized spacial score (nSPS) is 42.0. The fraction of sp³-hybridized carbons (Fsp3) is 0.667. The second-order valence-corrected chi connectivity index (χ2v) is 14.7. The molecule has 6 rings (SSSR count). The number of aromatic hydroxyl groups is 1. The molecule has 19 heteroatoms. The van der Waals surface area contributed by atoms with Crippen LogP contribution in [0.3, 0.4) is 0 Å². The molecule has 0 saturated carbocycles. The number of phenolic OH excluding ortho intramolecular Hbond substituents is 1. The Morgan fingerprint density at radius 2 is 0.982 bits per heavy atom. The van der Waals surface area contributed by atoms with Crippen LogP contribution in [-0.2, 0) is 20.6 Å². The summed E-state index contributed by atoms with van der Waals surface area (Å²) in [5.74, 6) is -1.31. The Bertz CT molecular complexity index is 1610. The molecule has 0 aromatic heterocycles. The molecular weight excluding hydrogens is 736 g/mol. The van der Waals surface area contributed by atoms with Gasteiger partial charge in [0.2, 0.25) is 18.9 Å². The molecule has 0 bridgehead atoms. The molecule has 2 aromatic rings. The summed E-state index contributed by atoms with van der Waals surface area (Å²) in [5, 5.41) is 134. The van der Waals surface area contributed by atoms with E-state index in [0.717, 1.165) is 5.56 Å². The van der Waals surface area contributed by atoms with Gasteiger partial charge in [0.15, 0.2) is 23.0 Å². The zero-order valence-electron chi connectivity index (χ0n) is 29.9. The summed E-state index contributed by atoms with van der Waals surface area (Å²) in [4.78, 5) is 0. The summed E-state index contributed by atoms with van der Waals surface area (Å²) in [6.45, 7) is 1.86. The molecule has 13 N–H and O–H groups in total. The first-order valence-corrected chi connectivity index (χ1v) is 18.0. The van der Waals surface area contributed by atoms with Gasteiger partial charge >= 0.3 is 0 Å². The molecule has 18 atom stereocenters. The summed E-state index contributed by atoms with van der Waals surface area (Å²) in [6, 6.07) is 7.62. The molecule has 4 aliphatic rings. The van der Waals surface area contributed by atoms with Crippen molar-refractivity contribution in [3.63, 3.8) is 0 Å². The Labute approximate surface area is 314 Å². The van der Waals surface area contributed by atoms with Crippen molar-refractivity contribution in [3.05, 3.63) is 47.0 Å². The monoisotopic (exact) mass is 786 g/mol. The second-order valence-electron chi connectivity index (χ2n) is 14.7. The molecule has 2 aromatic carbocycles. The first kappa shape index (κ1) is 41.7. The van der Waals surface area contributed by atoms with Crippen LogP contribution < -0.4 is 14.2 Å². The SMILES string of the molecule is C[C@H]1[C@H](c2ccc(O[C@@H]3O[C@H](CO)[C@@H](O)[C@H](O)[C@H]3O)c(O[C@@H]3O[C@H](CO)[C@@H](O)[C@H](O)[C@H]3O)c2)c2cc(O)c(O[C@@H]3O[C@H](CO)[C@@H](O)[C@H](O)[C@H]3O)cc2C[C@H]1C.